The van der Waals surface area contributed by atoms with Gasteiger partial charge in [0.2, 0.25) is 0 Å². The summed E-state index contributed by atoms with van der Waals surface area (Å²) in [5.41, 5.74) is 3.22. The number of morpholine rings is 1. The fraction of sp³-hybridized carbons (Fsp3) is 0.250. The van der Waals surface area contributed by atoms with Gasteiger partial charge in [0.25, 0.3) is 0 Å². The van der Waals surface area contributed by atoms with E-state index in [0.29, 0.717) is 6.61 Å². The molecule has 1 aliphatic heterocycles. The number of pyridine rings is 1. The maximum absolute atomic E-state index is 6.05. The van der Waals surface area contributed by atoms with E-state index in [2.05, 4.69) is 40.2 Å². The Bertz CT molecular complexity index is 1140. The molecule has 0 amide bonds. The Balaban J connectivity index is 1.44. The minimum atomic E-state index is 0.00557. The van der Waals surface area contributed by atoms with Gasteiger partial charge in [-0.05, 0) is 43.3 Å². The number of benzene rings is 2. The van der Waals surface area contributed by atoms with Crippen LogP contribution in [0.25, 0.3) is 10.9 Å². The number of hydrogen-bond donors (Lipinski definition) is 0. The Labute approximate surface area is 175 Å². The first-order valence-corrected chi connectivity index (χ1v) is 10.3. The standard InChI is InChI=1S/C24H24N4O2/c1-2-28-16-18(15-26-28)24-17-27(12-13-29-24)23-10-11-25-22-9-8-20(14-21(22)23)30-19-6-4-3-5-7-19/h3-11,14-16,24H,2,12-13,17H2,1H3. The zero-order valence-electron chi connectivity index (χ0n) is 16.9. The Morgan fingerprint density at radius 1 is 1.10 bits per heavy atom. The number of aryl methyl sites for hydroxylation is 1. The Morgan fingerprint density at radius 2 is 2.00 bits per heavy atom. The molecule has 0 spiro atoms. The van der Waals surface area contributed by atoms with Crippen molar-refractivity contribution in [2.24, 2.45) is 0 Å². The first kappa shape index (κ1) is 18.6. The van der Waals surface area contributed by atoms with E-state index in [1.165, 1.54) is 0 Å². The van der Waals surface area contributed by atoms with E-state index in [0.717, 1.165) is 53.3 Å². The molecule has 2 aromatic heterocycles. The molecule has 0 N–H and O–H groups in total. The van der Waals surface area contributed by atoms with Crippen LogP contribution >= 0.6 is 0 Å². The van der Waals surface area contributed by atoms with E-state index in [4.69, 9.17) is 9.47 Å². The Hall–Kier alpha value is -3.38. The average Bonchev–Trinajstić information content (AvgIpc) is 3.29. The van der Waals surface area contributed by atoms with Gasteiger partial charge < -0.3 is 14.4 Å². The molecule has 5 rings (SSSR count). The van der Waals surface area contributed by atoms with Crippen molar-refractivity contribution in [2.45, 2.75) is 19.6 Å². The molecule has 152 valence electrons. The van der Waals surface area contributed by atoms with Crippen molar-refractivity contribution in [3.05, 3.63) is 78.8 Å². The lowest BCUT2D eigenvalue weighted by Crippen LogP contribution is -2.38. The monoisotopic (exact) mass is 400 g/mol. The summed E-state index contributed by atoms with van der Waals surface area (Å²) in [6, 6.07) is 18.0. The highest BCUT2D eigenvalue weighted by molar-refractivity contribution is 5.92. The van der Waals surface area contributed by atoms with Crippen LogP contribution < -0.4 is 9.64 Å². The van der Waals surface area contributed by atoms with Crippen LogP contribution in [-0.2, 0) is 11.3 Å². The van der Waals surface area contributed by atoms with E-state index < -0.39 is 0 Å². The smallest absolute Gasteiger partial charge is 0.128 e. The molecule has 3 heterocycles. The molecule has 6 nitrogen and oxygen atoms in total. The van der Waals surface area contributed by atoms with Gasteiger partial charge in [0.15, 0.2) is 0 Å². The van der Waals surface area contributed by atoms with E-state index in [-0.39, 0.29) is 6.10 Å². The van der Waals surface area contributed by atoms with Gasteiger partial charge in [0.1, 0.15) is 17.6 Å². The summed E-state index contributed by atoms with van der Waals surface area (Å²) < 4.78 is 14.0. The van der Waals surface area contributed by atoms with Crippen molar-refractivity contribution >= 4 is 16.6 Å². The van der Waals surface area contributed by atoms with Gasteiger partial charge in [-0.25, -0.2) is 0 Å². The highest BCUT2D eigenvalue weighted by Crippen LogP contribution is 2.33. The van der Waals surface area contributed by atoms with Gasteiger partial charge in [-0.1, -0.05) is 18.2 Å². The molecule has 4 aromatic rings. The van der Waals surface area contributed by atoms with Crippen molar-refractivity contribution in [1.82, 2.24) is 14.8 Å². The molecule has 1 unspecified atom stereocenters. The van der Waals surface area contributed by atoms with Crippen molar-refractivity contribution in [1.29, 1.82) is 0 Å². The first-order chi connectivity index (χ1) is 14.8. The van der Waals surface area contributed by atoms with Gasteiger partial charge in [-0.2, -0.15) is 5.10 Å². The van der Waals surface area contributed by atoms with Crippen molar-refractivity contribution in [3.63, 3.8) is 0 Å². The molecule has 1 saturated heterocycles. The van der Waals surface area contributed by atoms with Crippen LogP contribution in [0.2, 0.25) is 0 Å². The number of fused-ring (bicyclic) bond motifs is 1. The number of anilines is 1. The molecule has 6 heteroatoms. The lowest BCUT2D eigenvalue weighted by molar-refractivity contribution is 0.0398. The number of aromatic nitrogens is 3. The summed E-state index contributed by atoms with van der Waals surface area (Å²) in [4.78, 5) is 6.92. The van der Waals surface area contributed by atoms with Gasteiger partial charge in [0, 0.05) is 48.7 Å². The molecule has 0 radical (unpaired) electrons. The van der Waals surface area contributed by atoms with Crippen LogP contribution in [0, 0.1) is 0 Å². The first-order valence-electron chi connectivity index (χ1n) is 10.3. The predicted molar refractivity (Wildman–Crippen MR) is 117 cm³/mol. The van der Waals surface area contributed by atoms with E-state index in [9.17, 15) is 0 Å². The van der Waals surface area contributed by atoms with Gasteiger partial charge in [-0.3, -0.25) is 9.67 Å². The molecule has 0 aliphatic carbocycles. The fourth-order valence-electron chi connectivity index (χ4n) is 3.86. The van der Waals surface area contributed by atoms with Gasteiger partial charge in [-0.15, -0.1) is 0 Å². The van der Waals surface area contributed by atoms with Crippen molar-refractivity contribution in [3.8, 4) is 11.5 Å². The molecule has 1 aliphatic rings. The maximum Gasteiger partial charge on any atom is 0.128 e. The molecule has 0 bridgehead atoms. The van der Waals surface area contributed by atoms with Crippen LogP contribution in [0.5, 0.6) is 11.5 Å². The fourth-order valence-corrected chi connectivity index (χ4v) is 3.86. The quantitative estimate of drug-likeness (QED) is 0.481. The highest BCUT2D eigenvalue weighted by Gasteiger charge is 2.24. The summed E-state index contributed by atoms with van der Waals surface area (Å²) in [6.07, 6.45) is 5.86. The third-order valence-corrected chi connectivity index (χ3v) is 5.43. The number of nitrogens with zero attached hydrogens (tertiary/aromatic N) is 4. The second-order valence-corrected chi connectivity index (χ2v) is 7.36. The number of ether oxygens (including phenoxy) is 2. The largest absolute Gasteiger partial charge is 0.457 e. The SMILES string of the molecule is CCn1cc(C2CN(c3ccnc4ccc(Oc5ccccc5)cc34)CCO2)cn1. The molecule has 1 fully saturated rings. The number of para-hydroxylation sites is 1. The number of hydrogen-bond acceptors (Lipinski definition) is 5. The molecule has 30 heavy (non-hydrogen) atoms. The second-order valence-electron chi connectivity index (χ2n) is 7.36. The van der Waals surface area contributed by atoms with Crippen molar-refractivity contribution in [2.75, 3.05) is 24.6 Å². The Morgan fingerprint density at radius 3 is 2.83 bits per heavy atom. The van der Waals surface area contributed by atoms with Gasteiger partial charge >= 0.3 is 0 Å². The molecule has 0 saturated carbocycles. The molecule has 2 aromatic carbocycles. The molecular weight excluding hydrogens is 376 g/mol. The lowest BCUT2D eigenvalue weighted by atomic mass is 10.1. The summed E-state index contributed by atoms with van der Waals surface area (Å²) >= 11 is 0. The second kappa shape index (κ2) is 8.16. The third-order valence-electron chi connectivity index (χ3n) is 5.43. The van der Waals surface area contributed by atoms with Crippen molar-refractivity contribution < 1.29 is 9.47 Å². The topological polar surface area (TPSA) is 52.4 Å². The zero-order chi connectivity index (χ0) is 20.3. The van der Waals surface area contributed by atoms with E-state index in [1.54, 1.807) is 0 Å². The summed E-state index contributed by atoms with van der Waals surface area (Å²) in [5, 5.41) is 5.48. The van der Waals surface area contributed by atoms with Crippen LogP contribution in [0.15, 0.2) is 73.2 Å². The van der Waals surface area contributed by atoms with Crippen LogP contribution in [0.4, 0.5) is 5.69 Å². The number of rotatable bonds is 5. The maximum atomic E-state index is 6.05. The Kier molecular flexibility index (Phi) is 5.07. The third kappa shape index (κ3) is 3.74. The minimum absolute atomic E-state index is 0.00557. The normalized spacial score (nSPS) is 16.7. The average molecular weight is 400 g/mol. The highest BCUT2D eigenvalue weighted by atomic mass is 16.5. The lowest BCUT2D eigenvalue weighted by Gasteiger charge is -2.34. The predicted octanol–water partition coefficient (Wildman–Crippen LogP) is 4.82. The van der Waals surface area contributed by atoms with Crippen LogP contribution in [0.1, 0.15) is 18.6 Å². The van der Waals surface area contributed by atoms with Crippen LogP contribution in [0.3, 0.4) is 0 Å². The minimum Gasteiger partial charge on any atom is -0.457 e. The summed E-state index contributed by atoms with van der Waals surface area (Å²) in [5.74, 6) is 1.62. The molecular formula is C24H24N4O2. The molecule has 1 atom stereocenters. The summed E-state index contributed by atoms with van der Waals surface area (Å²) in [7, 11) is 0. The van der Waals surface area contributed by atoms with Gasteiger partial charge in [0.05, 0.1) is 18.3 Å². The summed E-state index contributed by atoms with van der Waals surface area (Å²) in [6.45, 7) is 5.23. The van der Waals surface area contributed by atoms with E-state index in [1.807, 2.05) is 59.5 Å². The zero-order valence-corrected chi connectivity index (χ0v) is 16.9. The van der Waals surface area contributed by atoms with E-state index >= 15 is 0 Å². The van der Waals surface area contributed by atoms with Crippen LogP contribution in [-0.4, -0.2) is 34.5 Å².